The molecule has 116 valence electrons. The third kappa shape index (κ3) is 3.90. The van der Waals surface area contributed by atoms with Crippen LogP contribution in [0, 0.1) is 5.41 Å². The van der Waals surface area contributed by atoms with Crippen molar-refractivity contribution in [2.45, 2.75) is 39.5 Å². The first-order valence-corrected chi connectivity index (χ1v) is 7.85. The number of nitrogens with zero attached hydrogens (tertiary/aromatic N) is 1. The fraction of sp³-hybridized carbons (Fsp3) is 0.588. The average Bonchev–Trinajstić information content (AvgIpc) is 2.54. The molecule has 1 fully saturated rings. The van der Waals surface area contributed by atoms with Gasteiger partial charge in [0.15, 0.2) is 6.61 Å². The molecular formula is C17H26N2O2. The fourth-order valence-electron chi connectivity index (χ4n) is 2.99. The summed E-state index contributed by atoms with van der Waals surface area (Å²) in [4.78, 5) is 14.1. The Hall–Kier alpha value is -1.71. The molecule has 0 radical (unpaired) electrons. The third-order valence-corrected chi connectivity index (χ3v) is 4.92. The number of piperidine rings is 1. The average molecular weight is 290 g/mol. The van der Waals surface area contributed by atoms with E-state index >= 15 is 0 Å². The van der Waals surface area contributed by atoms with Gasteiger partial charge < -0.3 is 15.4 Å². The Morgan fingerprint density at radius 2 is 1.76 bits per heavy atom. The van der Waals surface area contributed by atoms with Gasteiger partial charge in [-0.2, -0.15) is 0 Å². The van der Waals surface area contributed by atoms with Crippen LogP contribution in [0.25, 0.3) is 0 Å². The minimum atomic E-state index is 0.0765. The molecule has 0 aromatic heterocycles. The zero-order valence-corrected chi connectivity index (χ0v) is 13.1. The minimum absolute atomic E-state index is 0.0765. The molecule has 4 heteroatoms. The molecule has 0 saturated carbocycles. The van der Waals surface area contributed by atoms with Gasteiger partial charge in [0.25, 0.3) is 5.91 Å². The van der Waals surface area contributed by atoms with E-state index in [1.54, 1.807) is 24.3 Å². The van der Waals surface area contributed by atoms with Gasteiger partial charge in [0, 0.05) is 18.8 Å². The van der Waals surface area contributed by atoms with Gasteiger partial charge in [-0.05, 0) is 42.5 Å². The van der Waals surface area contributed by atoms with Crippen LogP contribution in [0.5, 0.6) is 5.75 Å². The number of ether oxygens (including phenoxy) is 1. The highest BCUT2D eigenvalue weighted by Crippen LogP contribution is 2.37. The third-order valence-electron chi connectivity index (χ3n) is 4.92. The second kappa shape index (κ2) is 6.83. The lowest BCUT2D eigenvalue weighted by Crippen LogP contribution is -2.44. The number of hydrogen-bond donors (Lipinski definition) is 1. The molecule has 4 nitrogen and oxygen atoms in total. The predicted molar refractivity (Wildman–Crippen MR) is 85.2 cm³/mol. The number of nitrogens with two attached hydrogens (primary N) is 1. The standard InChI is InChI=1S/C17H26N2O2/c1-3-17(4-2)9-11-19(12-10-17)16(20)13-21-15-7-5-14(18)6-8-15/h5-8H,3-4,9-13,18H2,1-2H3. The van der Waals surface area contributed by atoms with Crippen molar-refractivity contribution in [2.75, 3.05) is 25.4 Å². The highest BCUT2D eigenvalue weighted by atomic mass is 16.5. The number of amides is 1. The summed E-state index contributed by atoms with van der Waals surface area (Å²) in [7, 11) is 0. The smallest absolute Gasteiger partial charge is 0.260 e. The Morgan fingerprint density at radius 3 is 2.29 bits per heavy atom. The van der Waals surface area contributed by atoms with Gasteiger partial charge in [-0.1, -0.05) is 26.7 Å². The summed E-state index contributed by atoms with van der Waals surface area (Å²) in [5.74, 6) is 0.763. The van der Waals surface area contributed by atoms with Gasteiger partial charge in [-0.25, -0.2) is 0 Å². The molecule has 21 heavy (non-hydrogen) atoms. The Labute approximate surface area is 127 Å². The van der Waals surface area contributed by atoms with E-state index in [2.05, 4.69) is 13.8 Å². The molecule has 1 aliphatic heterocycles. The Morgan fingerprint density at radius 1 is 1.19 bits per heavy atom. The number of hydrogen-bond acceptors (Lipinski definition) is 3. The molecule has 1 amide bonds. The zero-order chi connectivity index (χ0) is 15.3. The van der Waals surface area contributed by atoms with Crippen molar-refractivity contribution in [3.63, 3.8) is 0 Å². The SMILES string of the molecule is CCC1(CC)CCN(C(=O)COc2ccc(N)cc2)CC1. The Balaban J connectivity index is 1.81. The maximum absolute atomic E-state index is 12.2. The molecule has 0 aliphatic carbocycles. The zero-order valence-electron chi connectivity index (χ0n) is 13.1. The van der Waals surface area contributed by atoms with Gasteiger partial charge in [-0.3, -0.25) is 4.79 Å². The molecule has 2 N–H and O–H groups in total. The van der Waals surface area contributed by atoms with Gasteiger partial charge in [0.05, 0.1) is 0 Å². The lowest BCUT2D eigenvalue weighted by molar-refractivity contribution is -0.135. The lowest BCUT2D eigenvalue weighted by Gasteiger charge is -2.41. The van der Waals surface area contributed by atoms with Crippen molar-refractivity contribution in [1.29, 1.82) is 0 Å². The molecule has 1 saturated heterocycles. The molecule has 1 aromatic rings. The van der Waals surface area contributed by atoms with E-state index in [1.165, 1.54) is 12.8 Å². The van der Waals surface area contributed by atoms with E-state index in [1.807, 2.05) is 4.90 Å². The predicted octanol–water partition coefficient (Wildman–Crippen LogP) is 3.08. The molecule has 1 aromatic carbocycles. The second-order valence-corrected chi connectivity index (χ2v) is 5.95. The number of carbonyl (C=O) groups is 1. The quantitative estimate of drug-likeness (QED) is 0.848. The van der Waals surface area contributed by atoms with Crippen molar-refractivity contribution in [3.8, 4) is 5.75 Å². The summed E-state index contributed by atoms with van der Waals surface area (Å²) in [5.41, 5.74) is 6.75. The Bertz CT molecular complexity index is 456. The van der Waals surface area contributed by atoms with Crippen LogP contribution >= 0.6 is 0 Å². The lowest BCUT2D eigenvalue weighted by atomic mass is 9.74. The number of anilines is 1. The molecule has 0 unspecified atom stereocenters. The van der Waals surface area contributed by atoms with Crippen LogP contribution in [0.15, 0.2) is 24.3 Å². The first kappa shape index (κ1) is 15.7. The highest BCUT2D eigenvalue weighted by molar-refractivity contribution is 5.77. The molecular weight excluding hydrogens is 264 g/mol. The minimum Gasteiger partial charge on any atom is -0.484 e. The first-order chi connectivity index (χ1) is 10.1. The number of rotatable bonds is 5. The number of nitrogen functional groups attached to an aromatic ring is 1. The van der Waals surface area contributed by atoms with E-state index in [9.17, 15) is 4.79 Å². The van der Waals surface area contributed by atoms with Gasteiger partial charge in [0.2, 0.25) is 0 Å². The van der Waals surface area contributed by atoms with Crippen LogP contribution in [-0.2, 0) is 4.79 Å². The maximum Gasteiger partial charge on any atom is 0.260 e. The summed E-state index contributed by atoms with van der Waals surface area (Å²) in [5, 5.41) is 0. The normalized spacial score (nSPS) is 17.5. The number of likely N-dealkylation sites (tertiary alicyclic amines) is 1. The van der Waals surface area contributed by atoms with Crippen LogP contribution in [0.2, 0.25) is 0 Å². The number of benzene rings is 1. The van der Waals surface area contributed by atoms with Crippen LogP contribution in [-0.4, -0.2) is 30.5 Å². The summed E-state index contributed by atoms with van der Waals surface area (Å²) >= 11 is 0. The Kier molecular flexibility index (Phi) is 5.10. The molecule has 0 atom stereocenters. The van der Waals surface area contributed by atoms with Crippen molar-refractivity contribution < 1.29 is 9.53 Å². The van der Waals surface area contributed by atoms with E-state index in [0.717, 1.165) is 25.9 Å². The molecule has 1 heterocycles. The van der Waals surface area contributed by atoms with E-state index in [4.69, 9.17) is 10.5 Å². The monoisotopic (exact) mass is 290 g/mol. The van der Waals surface area contributed by atoms with E-state index < -0.39 is 0 Å². The molecule has 0 spiro atoms. The summed E-state index contributed by atoms with van der Waals surface area (Å²) in [6, 6.07) is 7.13. The van der Waals surface area contributed by atoms with Crippen LogP contribution in [0.3, 0.4) is 0 Å². The molecule has 0 bridgehead atoms. The highest BCUT2D eigenvalue weighted by Gasteiger charge is 2.32. The maximum atomic E-state index is 12.2. The van der Waals surface area contributed by atoms with Gasteiger partial charge >= 0.3 is 0 Å². The van der Waals surface area contributed by atoms with Crippen LogP contribution in [0.4, 0.5) is 5.69 Å². The number of carbonyl (C=O) groups excluding carboxylic acids is 1. The van der Waals surface area contributed by atoms with Gasteiger partial charge in [-0.15, -0.1) is 0 Å². The summed E-state index contributed by atoms with van der Waals surface area (Å²) < 4.78 is 5.53. The van der Waals surface area contributed by atoms with Crippen molar-refractivity contribution >= 4 is 11.6 Å². The van der Waals surface area contributed by atoms with Crippen molar-refractivity contribution in [2.24, 2.45) is 5.41 Å². The van der Waals surface area contributed by atoms with Crippen LogP contribution in [0.1, 0.15) is 39.5 Å². The molecule has 2 rings (SSSR count). The van der Waals surface area contributed by atoms with Crippen molar-refractivity contribution in [1.82, 2.24) is 4.90 Å². The van der Waals surface area contributed by atoms with Crippen molar-refractivity contribution in [3.05, 3.63) is 24.3 Å². The van der Waals surface area contributed by atoms with Crippen LogP contribution < -0.4 is 10.5 Å². The van der Waals surface area contributed by atoms with E-state index in [-0.39, 0.29) is 12.5 Å². The largest absolute Gasteiger partial charge is 0.484 e. The first-order valence-electron chi connectivity index (χ1n) is 7.85. The van der Waals surface area contributed by atoms with Gasteiger partial charge in [0.1, 0.15) is 5.75 Å². The summed E-state index contributed by atoms with van der Waals surface area (Å²) in [6.45, 7) is 6.32. The molecule has 1 aliphatic rings. The van der Waals surface area contributed by atoms with E-state index in [0.29, 0.717) is 16.9 Å². The second-order valence-electron chi connectivity index (χ2n) is 5.95. The topological polar surface area (TPSA) is 55.6 Å². The fourth-order valence-corrected chi connectivity index (χ4v) is 2.99. The summed E-state index contributed by atoms with van der Waals surface area (Å²) in [6.07, 6.45) is 4.61.